The van der Waals surface area contributed by atoms with E-state index in [4.69, 9.17) is 0 Å². The minimum Gasteiger partial charge on any atom is -0.355 e. The van der Waals surface area contributed by atoms with Crippen LogP contribution >= 0.6 is 0 Å². The molecule has 3 N–H and O–H groups in total. The fourth-order valence-corrected chi connectivity index (χ4v) is 3.08. The van der Waals surface area contributed by atoms with Crippen LogP contribution in [0.5, 0.6) is 0 Å². The number of hydrogen-bond donors (Lipinski definition) is 3. The number of halogens is 1. The molecule has 0 heterocycles. The van der Waals surface area contributed by atoms with Crippen LogP contribution in [0.2, 0.25) is 0 Å². The largest absolute Gasteiger partial charge is 0.355 e. The first-order valence-corrected chi connectivity index (χ1v) is 9.04. The van der Waals surface area contributed by atoms with Crippen molar-refractivity contribution in [3.8, 4) is 0 Å². The maximum atomic E-state index is 13.5. The minimum absolute atomic E-state index is 0.131. The molecule has 1 aliphatic rings. The van der Waals surface area contributed by atoms with Crippen molar-refractivity contribution < 1.29 is 9.18 Å². The van der Waals surface area contributed by atoms with Gasteiger partial charge in [0, 0.05) is 33.1 Å². The second-order valence-corrected chi connectivity index (χ2v) is 6.64. The average Bonchev–Trinajstić information content (AvgIpc) is 3.10. The van der Waals surface area contributed by atoms with Crippen LogP contribution in [0.15, 0.2) is 23.2 Å². The topological polar surface area (TPSA) is 65.5 Å². The summed E-state index contributed by atoms with van der Waals surface area (Å²) in [5.74, 6) is 1.13. The number of aryl methyl sites for hydroxylation is 1. The number of nitrogens with zero attached hydrogens (tertiary/aromatic N) is 1. The molecule has 6 heteroatoms. The minimum atomic E-state index is -0.202. The summed E-state index contributed by atoms with van der Waals surface area (Å²) in [5.41, 5.74) is 1.50. The van der Waals surface area contributed by atoms with Crippen LogP contribution in [0.4, 0.5) is 4.39 Å². The van der Waals surface area contributed by atoms with Crippen LogP contribution in [-0.4, -0.2) is 32.0 Å². The van der Waals surface area contributed by atoms with Gasteiger partial charge < -0.3 is 16.0 Å². The third kappa shape index (κ3) is 6.72. The molecule has 0 aliphatic heterocycles. The molecule has 0 atom stereocenters. The van der Waals surface area contributed by atoms with E-state index in [1.54, 1.807) is 20.0 Å². The molecule has 0 aromatic heterocycles. The first-order valence-electron chi connectivity index (χ1n) is 9.04. The SMILES string of the molecule is CN=C(NCCNC(=O)CC1CCCC1)NCc1ccc(C)c(F)c1. The van der Waals surface area contributed by atoms with Crippen molar-refractivity contribution in [2.75, 3.05) is 20.1 Å². The Morgan fingerprint density at radius 3 is 2.60 bits per heavy atom. The number of nitrogens with one attached hydrogen (secondary N) is 3. The smallest absolute Gasteiger partial charge is 0.220 e. The van der Waals surface area contributed by atoms with E-state index in [0.29, 0.717) is 43.5 Å². The summed E-state index contributed by atoms with van der Waals surface area (Å²) in [5, 5.41) is 9.23. The molecule has 5 nitrogen and oxygen atoms in total. The highest BCUT2D eigenvalue weighted by molar-refractivity contribution is 5.80. The molecule has 0 saturated heterocycles. The second-order valence-electron chi connectivity index (χ2n) is 6.64. The summed E-state index contributed by atoms with van der Waals surface area (Å²) in [7, 11) is 1.68. The second kappa shape index (κ2) is 10.0. The summed E-state index contributed by atoms with van der Waals surface area (Å²) < 4.78 is 13.5. The molecule has 138 valence electrons. The molecule has 0 bridgehead atoms. The summed E-state index contributed by atoms with van der Waals surface area (Å²) in [6.07, 6.45) is 5.52. The molecule has 1 aliphatic carbocycles. The van der Waals surface area contributed by atoms with Gasteiger partial charge in [-0.15, -0.1) is 0 Å². The Kier molecular flexibility index (Phi) is 7.70. The zero-order valence-electron chi connectivity index (χ0n) is 15.2. The zero-order chi connectivity index (χ0) is 18.1. The van der Waals surface area contributed by atoms with E-state index in [1.165, 1.54) is 31.7 Å². The Bertz CT molecular complexity index is 597. The maximum Gasteiger partial charge on any atom is 0.220 e. The van der Waals surface area contributed by atoms with E-state index in [1.807, 2.05) is 6.07 Å². The van der Waals surface area contributed by atoms with Gasteiger partial charge in [0.15, 0.2) is 5.96 Å². The lowest BCUT2D eigenvalue weighted by atomic mass is 10.0. The molecule has 1 aromatic carbocycles. The summed E-state index contributed by atoms with van der Waals surface area (Å²) in [6, 6.07) is 5.18. The molecular weight excluding hydrogens is 319 g/mol. The predicted octanol–water partition coefficient (Wildman–Crippen LogP) is 2.50. The van der Waals surface area contributed by atoms with Crippen LogP contribution in [0.3, 0.4) is 0 Å². The van der Waals surface area contributed by atoms with Crippen LogP contribution in [-0.2, 0) is 11.3 Å². The van der Waals surface area contributed by atoms with Gasteiger partial charge >= 0.3 is 0 Å². The third-order valence-corrected chi connectivity index (χ3v) is 4.61. The lowest BCUT2D eigenvalue weighted by Gasteiger charge is -2.13. The predicted molar refractivity (Wildman–Crippen MR) is 98.9 cm³/mol. The number of carbonyl (C=O) groups excluding carboxylic acids is 1. The van der Waals surface area contributed by atoms with E-state index < -0.39 is 0 Å². The normalized spacial score (nSPS) is 15.2. The molecule has 1 saturated carbocycles. The van der Waals surface area contributed by atoms with Gasteiger partial charge in [0.2, 0.25) is 5.91 Å². The fraction of sp³-hybridized carbons (Fsp3) is 0.579. The molecule has 2 rings (SSSR count). The summed E-state index contributed by atoms with van der Waals surface area (Å²) in [4.78, 5) is 16.0. The van der Waals surface area contributed by atoms with Crippen molar-refractivity contribution >= 4 is 11.9 Å². The van der Waals surface area contributed by atoms with Gasteiger partial charge in [-0.25, -0.2) is 4.39 Å². The van der Waals surface area contributed by atoms with Gasteiger partial charge in [0.25, 0.3) is 0 Å². The molecule has 1 amide bonds. The quantitative estimate of drug-likeness (QED) is 0.403. The van der Waals surface area contributed by atoms with Gasteiger partial charge in [0.05, 0.1) is 0 Å². The van der Waals surface area contributed by atoms with Crippen LogP contribution in [0.25, 0.3) is 0 Å². The monoisotopic (exact) mass is 348 g/mol. The van der Waals surface area contributed by atoms with Crippen LogP contribution < -0.4 is 16.0 Å². The molecule has 1 aromatic rings. The Morgan fingerprint density at radius 2 is 1.92 bits per heavy atom. The highest BCUT2D eigenvalue weighted by Gasteiger charge is 2.17. The third-order valence-electron chi connectivity index (χ3n) is 4.61. The van der Waals surface area contributed by atoms with E-state index >= 15 is 0 Å². The lowest BCUT2D eigenvalue weighted by Crippen LogP contribution is -2.41. The van der Waals surface area contributed by atoms with Gasteiger partial charge in [-0.1, -0.05) is 25.0 Å². The van der Waals surface area contributed by atoms with Crippen LogP contribution in [0.1, 0.15) is 43.2 Å². The molecule has 0 spiro atoms. The van der Waals surface area contributed by atoms with Crippen molar-refractivity contribution in [3.05, 3.63) is 35.1 Å². The number of benzene rings is 1. The van der Waals surface area contributed by atoms with E-state index in [0.717, 1.165) is 5.56 Å². The number of aliphatic imine (C=N–C) groups is 1. The van der Waals surface area contributed by atoms with Crippen molar-refractivity contribution in [3.63, 3.8) is 0 Å². The zero-order valence-corrected chi connectivity index (χ0v) is 15.2. The Hall–Kier alpha value is -2.11. The maximum absolute atomic E-state index is 13.5. The fourth-order valence-electron chi connectivity index (χ4n) is 3.08. The number of carbonyl (C=O) groups is 1. The number of guanidine groups is 1. The number of hydrogen-bond acceptors (Lipinski definition) is 2. The van der Waals surface area contributed by atoms with Gasteiger partial charge in [-0.2, -0.15) is 0 Å². The molecule has 1 fully saturated rings. The first kappa shape index (κ1) is 19.2. The van der Waals surface area contributed by atoms with Gasteiger partial charge in [-0.05, 0) is 42.9 Å². The van der Waals surface area contributed by atoms with Crippen molar-refractivity contribution in [2.45, 2.75) is 45.6 Å². The molecular formula is C19H29FN4O. The van der Waals surface area contributed by atoms with Crippen molar-refractivity contribution in [1.29, 1.82) is 0 Å². The highest BCUT2D eigenvalue weighted by atomic mass is 19.1. The van der Waals surface area contributed by atoms with Crippen molar-refractivity contribution in [1.82, 2.24) is 16.0 Å². The summed E-state index contributed by atoms with van der Waals surface area (Å²) >= 11 is 0. The highest BCUT2D eigenvalue weighted by Crippen LogP contribution is 2.27. The van der Waals surface area contributed by atoms with Gasteiger partial charge in [-0.3, -0.25) is 9.79 Å². The Morgan fingerprint density at radius 1 is 1.20 bits per heavy atom. The Labute approximate surface area is 149 Å². The molecule has 0 unspecified atom stereocenters. The van der Waals surface area contributed by atoms with Crippen LogP contribution in [0, 0.1) is 18.7 Å². The number of rotatable bonds is 7. The average molecular weight is 348 g/mol. The van der Waals surface area contributed by atoms with E-state index in [2.05, 4.69) is 20.9 Å². The first-order chi connectivity index (χ1) is 12.1. The summed E-state index contributed by atoms with van der Waals surface area (Å²) in [6.45, 7) is 3.39. The standard InChI is InChI=1S/C19H29FN4O/c1-14-7-8-16(11-17(14)20)13-24-19(21-2)23-10-9-22-18(25)12-15-5-3-4-6-15/h7-8,11,15H,3-6,9-10,12-13H2,1-2H3,(H,22,25)(H2,21,23,24). The van der Waals surface area contributed by atoms with E-state index in [-0.39, 0.29) is 11.7 Å². The molecule has 25 heavy (non-hydrogen) atoms. The van der Waals surface area contributed by atoms with Gasteiger partial charge in [0.1, 0.15) is 5.82 Å². The Balaban J connectivity index is 1.62. The number of amides is 1. The molecule has 0 radical (unpaired) electrons. The van der Waals surface area contributed by atoms with Crippen molar-refractivity contribution in [2.24, 2.45) is 10.9 Å². The lowest BCUT2D eigenvalue weighted by molar-refractivity contribution is -0.121. The van der Waals surface area contributed by atoms with E-state index in [9.17, 15) is 9.18 Å².